The van der Waals surface area contributed by atoms with E-state index in [1.54, 1.807) is 12.1 Å². The van der Waals surface area contributed by atoms with Gasteiger partial charge in [-0.25, -0.2) is 5.43 Å². The number of aryl methyl sites for hydroxylation is 1. The summed E-state index contributed by atoms with van der Waals surface area (Å²) in [4.78, 5) is 11.6. The minimum atomic E-state index is -4.42. The third kappa shape index (κ3) is 5.42. The number of rotatable bonds is 5. The number of benzene rings is 2. The van der Waals surface area contributed by atoms with E-state index in [1.807, 2.05) is 19.1 Å². The van der Waals surface area contributed by atoms with E-state index in [9.17, 15) is 18.0 Å². The number of hydrogen-bond acceptors (Lipinski definition) is 3. The highest BCUT2D eigenvalue weighted by molar-refractivity contribution is 5.83. The van der Waals surface area contributed by atoms with E-state index in [2.05, 4.69) is 10.5 Å². The average molecular weight is 336 g/mol. The van der Waals surface area contributed by atoms with Crippen LogP contribution in [0.3, 0.4) is 0 Å². The van der Waals surface area contributed by atoms with E-state index in [1.165, 1.54) is 12.1 Å². The maximum atomic E-state index is 12.6. The van der Waals surface area contributed by atoms with Crippen molar-refractivity contribution < 1.29 is 22.7 Å². The molecule has 0 aliphatic carbocycles. The Morgan fingerprint density at radius 2 is 1.92 bits per heavy atom. The van der Waals surface area contributed by atoms with Gasteiger partial charge in [0.1, 0.15) is 5.75 Å². The van der Waals surface area contributed by atoms with Crippen LogP contribution >= 0.6 is 0 Å². The van der Waals surface area contributed by atoms with Crippen molar-refractivity contribution in [2.75, 3.05) is 6.61 Å². The van der Waals surface area contributed by atoms with Crippen molar-refractivity contribution in [3.05, 3.63) is 65.2 Å². The molecule has 2 rings (SSSR count). The summed E-state index contributed by atoms with van der Waals surface area (Å²) in [7, 11) is 0. The van der Waals surface area contributed by atoms with Crippen LogP contribution in [0, 0.1) is 6.92 Å². The molecule has 126 valence electrons. The molecule has 0 unspecified atom stereocenters. The SMILES string of the molecule is Cc1ccc(OCC(=O)NN=Cc2cccc(C(F)(F)F)c2)cc1. The zero-order chi connectivity index (χ0) is 17.6. The van der Waals surface area contributed by atoms with Gasteiger partial charge < -0.3 is 4.74 Å². The van der Waals surface area contributed by atoms with Crippen molar-refractivity contribution in [2.45, 2.75) is 13.1 Å². The third-order valence-electron chi connectivity index (χ3n) is 3.01. The molecule has 24 heavy (non-hydrogen) atoms. The Kier molecular flexibility index (Phi) is 5.57. The van der Waals surface area contributed by atoms with Crippen LogP contribution in [-0.4, -0.2) is 18.7 Å². The quantitative estimate of drug-likeness (QED) is 0.671. The summed E-state index contributed by atoms with van der Waals surface area (Å²) >= 11 is 0. The number of amides is 1. The maximum absolute atomic E-state index is 12.6. The topological polar surface area (TPSA) is 50.7 Å². The van der Waals surface area contributed by atoms with Gasteiger partial charge in [-0.1, -0.05) is 29.8 Å². The molecule has 1 amide bonds. The van der Waals surface area contributed by atoms with Crippen molar-refractivity contribution in [1.29, 1.82) is 0 Å². The first-order valence-corrected chi connectivity index (χ1v) is 7.03. The number of hydrogen-bond donors (Lipinski definition) is 1. The minimum Gasteiger partial charge on any atom is -0.484 e. The van der Waals surface area contributed by atoms with Crippen LogP contribution in [0.15, 0.2) is 53.6 Å². The Morgan fingerprint density at radius 3 is 2.58 bits per heavy atom. The number of carbonyl (C=O) groups is 1. The number of nitrogens with zero attached hydrogens (tertiary/aromatic N) is 1. The number of alkyl halides is 3. The predicted octanol–water partition coefficient (Wildman–Crippen LogP) is 3.54. The molecule has 0 radical (unpaired) electrons. The summed E-state index contributed by atoms with van der Waals surface area (Å²) in [5.74, 6) is 0.0245. The number of halogens is 3. The van der Waals surface area contributed by atoms with Gasteiger partial charge in [0, 0.05) is 0 Å². The molecule has 0 heterocycles. The summed E-state index contributed by atoms with van der Waals surface area (Å²) in [6.45, 7) is 1.68. The van der Waals surface area contributed by atoms with Crippen LogP contribution in [-0.2, 0) is 11.0 Å². The molecule has 0 aliphatic heterocycles. The van der Waals surface area contributed by atoms with Crippen LogP contribution < -0.4 is 10.2 Å². The summed E-state index contributed by atoms with van der Waals surface area (Å²) in [5, 5.41) is 3.62. The third-order valence-corrected chi connectivity index (χ3v) is 3.01. The first-order valence-electron chi connectivity index (χ1n) is 7.03. The first kappa shape index (κ1) is 17.5. The molecule has 4 nitrogen and oxygen atoms in total. The Hall–Kier alpha value is -2.83. The van der Waals surface area contributed by atoms with Crippen LogP contribution in [0.25, 0.3) is 0 Å². The summed E-state index contributed by atoms with van der Waals surface area (Å²) < 4.78 is 43.0. The Balaban J connectivity index is 1.85. The lowest BCUT2D eigenvalue weighted by molar-refractivity contribution is -0.137. The molecular weight excluding hydrogens is 321 g/mol. The minimum absolute atomic E-state index is 0.226. The molecule has 0 bridgehead atoms. The van der Waals surface area contributed by atoms with Gasteiger partial charge >= 0.3 is 6.18 Å². The fourth-order valence-corrected chi connectivity index (χ4v) is 1.79. The highest BCUT2D eigenvalue weighted by Gasteiger charge is 2.30. The van der Waals surface area contributed by atoms with Crippen molar-refractivity contribution in [2.24, 2.45) is 5.10 Å². The van der Waals surface area contributed by atoms with Gasteiger partial charge in [-0.15, -0.1) is 0 Å². The van der Waals surface area contributed by atoms with Crippen LogP contribution in [0.2, 0.25) is 0 Å². The van der Waals surface area contributed by atoms with Crippen LogP contribution in [0.4, 0.5) is 13.2 Å². The highest BCUT2D eigenvalue weighted by Crippen LogP contribution is 2.29. The zero-order valence-electron chi connectivity index (χ0n) is 12.8. The van der Waals surface area contributed by atoms with Gasteiger partial charge in [0.2, 0.25) is 0 Å². The van der Waals surface area contributed by atoms with E-state index in [0.717, 1.165) is 23.9 Å². The second-order valence-corrected chi connectivity index (χ2v) is 5.02. The Labute approximate surface area is 137 Å². The number of carbonyl (C=O) groups excluding carboxylic acids is 1. The van der Waals surface area contributed by atoms with Crippen molar-refractivity contribution in [1.82, 2.24) is 5.43 Å². The second kappa shape index (κ2) is 7.63. The van der Waals surface area contributed by atoms with Crippen molar-refractivity contribution in [3.8, 4) is 5.75 Å². The molecule has 0 saturated carbocycles. The first-order chi connectivity index (χ1) is 11.3. The van der Waals surface area contributed by atoms with E-state index in [0.29, 0.717) is 5.75 Å². The van der Waals surface area contributed by atoms with Crippen molar-refractivity contribution in [3.63, 3.8) is 0 Å². The van der Waals surface area contributed by atoms with E-state index in [4.69, 9.17) is 4.74 Å². The molecule has 2 aromatic carbocycles. The molecule has 1 N–H and O–H groups in total. The van der Waals surface area contributed by atoms with Crippen LogP contribution in [0.1, 0.15) is 16.7 Å². The lowest BCUT2D eigenvalue weighted by Crippen LogP contribution is -2.24. The lowest BCUT2D eigenvalue weighted by Gasteiger charge is -2.06. The molecular formula is C17H15F3N2O2. The number of hydrazone groups is 1. The van der Waals surface area contributed by atoms with Gasteiger partial charge in [0.25, 0.3) is 5.91 Å². The average Bonchev–Trinajstić information content (AvgIpc) is 2.54. The van der Waals surface area contributed by atoms with E-state index in [-0.39, 0.29) is 12.2 Å². The molecule has 2 aromatic rings. The van der Waals surface area contributed by atoms with E-state index >= 15 is 0 Å². The van der Waals surface area contributed by atoms with Gasteiger partial charge in [-0.05, 0) is 36.8 Å². The van der Waals surface area contributed by atoms with Gasteiger partial charge in [-0.2, -0.15) is 18.3 Å². The molecule has 0 aromatic heterocycles. The summed E-state index contributed by atoms with van der Waals surface area (Å²) in [5.41, 5.74) is 2.71. The summed E-state index contributed by atoms with van der Waals surface area (Å²) in [6.07, 6.45) is -3.28. The number of ether oxygens (including phenoxy) is 1. The smallest absolute Gasteiger partial charge is 0.416 e. The second-order valence-electron chi connectivity index (χ2n) is 5.02. The highest BCUT2D eigenvalue weighted by atomic mass is 19.4. The largest absolute Gasteiger partial charge is 0.484 e. The molecule has 7 heteroatoms. The normalized spacial score (nSPS) is 11.5. The lowest BCUT2D eigenvalue weighted by atomic mass is 10.1. The molecule has 0 saturated heterocycles. The van der Waals surface area contributed by atoms with Gasteiger partial charge in [-0.3, -0.25) is 4.79 Å². The van der Waals surface area contributed by atoms with Crippen LogP contribution in [0.5, 0.6) is 5.75 Å². The fourth-order valence-electron chi connectivity index (χ4n) is 1.79. The maximum Gasteiger partial charge on any atom is 0.416 e. The predicted molar refractivity (Wildman–Crippen MR) is 83.9 cm³/mol. The molecule has 0 aliphatic rings. The summed E-state index contributed by atoms with van der Waals surface area (Å²) in [6, 6.07) is 11.8. The standard InChI is InChI=1S/C17H15F3N2O2/c1-12-5-7-15(8-6-12)24-11-16(23)22-21-10-13-3-2-4-14(9-13)17(18,19)20/h2-10H,11H2,1H3,(H,22,23). The fraction of sp³-hybridized carbons (Fsp3) is 0.176. The Bertz CT molecular complexity index is 725. The van der Waals surface area contributed by atoms with Gasteiger partial charge in [0.05, 0.1) is 11.8 Å². The number of nitrogens with one attached hydrogen (secondary N) is 1. The molecule has 0 atom stereocenters. The zero-order valence-corrected chi connectivity index (χ0v) is 12.8. The van der Waals surface area contributed by atoms with E-state index < -0.39 is 17.6 Å². The van der Waals surface area contributed by atoms with Crippen molar-refractivity contribution >= 4 is 12.1 Å². The van der Waals surface area contributed by atoms with Gasteiger partial charge in [0.15, 0.2) is 6.61 Å². The molecule has 0 spiro atoms. The molecule has 0 fully saturated rings. The Morgan fingerprint density at radius 1 is 1.21 bits per heavy atom. The monoisotopic (exact) mass is 336 g/mol.